The predicted octanol–water partition coefficient (Wildman–Crippen LogP) is 10.4. The lowest BCUT2D eigenvalue weighted by atomic mass is 9.43. The molecule has 218 valence electrons. The fourth-order valence-electron chi connectivity index (χ4n) is 8.10. The van der Waals surface area contributed by atoms with Crippen LogP contribution >= 0.6 is 0 Å². The largest absolute Gasteiger partial charge is 0.376 e. The van der Waals surface area contributed by atoms with E-state index in [1.165, 1.54) is 83.2 Å². The molecule has 0 bridgehead atoms. The molecule has 0 atom stereocenters. The summed E-state index contributed by atoms with van der Waals surface area (Å²) in [5, 5.41) is 5.00. The molecule has 10 rings (SSSR count). The number of para-hydroxylation sites is 2. The van der Waals surface area contributed by atoms with Gasteiger partial charge in [-0.2, -0.15) is 0 Å². The molecule has 8 aromatic carbocycles. The van der Waals surface area contributed by atoms with Crippen molar-refractivity contribution in [1.29, 1.82) is 0 Å². The van der Waals surface area contributed by atoms with Crippen molar-refractivity contribution in [2.75, 3.05) is 9.71 Å². The molecule has 0 spiro atoms. The van der Waals surface area contributed by atoms with E-state index in [1.807, 2.05) is 0 Å². The molecule has 0 fully saturated rings. The summed E-state index contributed by atoms with van der Waals surface area (Å²) in [5.74, 6) is 0. The van der Waals surface area contributed by atoms with Gasteiger partial charge in [-0.3, -0.25) is 0 Å². The molecule has 2 nitrogen and oxygen atoms in total. The first-order valence-electron chi connectivity index (χ1n) is 16.3. The standard InChI is InChI=1S/C44H29BN2/c1-2-16-32(17-3-1)43-34-20-7-5-15-31(34)28-29-41(43)46-40-25-11-9-23-37(40)45-44-36(22-13-27-42(44)46)35-21-8-10-24-39(35)47(45)38-26-12-18-30-14-4-6-19-33(30)38/h1-29H. The molecule has 2 heterocycles. The molecule has 0 N–H and O–H groups in total. The highest BCUT2D eigenvalue weighted by atomic mass is 15.2. The Morgan fingerprint density at radius 2 is 0.957 bits per heavy atom. The summed E-state index contributed by atoms with van der Waals surface area (Å²) in [6.45, 7) is -0.00464. The summed E-state index contributed by atoms with van der Waals surface area (Å²) in [7, 11) is 0. The first-order valence-corrected chi connectivity index (χ1v) is 16.3. The van der Waals surface area contributed by atoms with Crippen LogP contribution in [0.3, 0.4) is 0 Å². The van der Waals surface area contributed by atoms with E-state index in [9.17, 15) is 0 Å². The maximum absolute atomic E-state index is 2.60. The third-order valence-electron chi connectivity index (χ3n) is 10.0. The van der Waals surface area contributed by atoms with Crippen molar-refractivity contribution in [3.05, 3.63) is 176 Å². The molecule has 0 saturated heterocycles. The van der Waals surface area contributed by atoms with E-state index in [4.69, 9.17) is 0 Å². The zero-order valence-corrected chi connectivity index (χ0v) is 25.7. The van der Waals surface area contributed by atoms with Gasteiger partial charge >= 0.3 is 6.85 Å². The van der Waals surface area contributed by atoms with E-state index >= 15 is 0 Å². The predicted molar refractivity (Wildman–Crippen MR) is 201 cm³/mol. The Morgan fingerprint density at radius 1 is 0.362 bits per heavy atom. The van der Waals surface area contributed by atoms with Gasteiger partial charge in [0.15, 0.2) is 0 Å². The van der Waals surface area contributed by atoms with Crippen molar-refractivity contribution in [2.45, 2.75) is 0 Å². The summed E-state index contributed by atoms with van der Waals surface area (Å²) in [4.78, 5) is 5.12. The Labute approximate surface area is 274 Å². The monoisotopic (exact) mass is 596 g/mol. The van der Waals surface area contributed by atoms with Gasteiger partial charge in [0.2, 0.25) is 0 Å². The van der Waals surface area contributed by atoms with E-state index in [-0.39, 0.29) is 6.85 Å². The molecule has 3 heteroatoms. The van der Waals surface area contributed by atoms with Crippen molar-refractivity contribution in [3.8, 4) is 22.3 Å². The Bertz CT molecular complexity index is 2500. The highest BCUT2D eigenvalue weighted by Gasteiger charge is 2.45. The maximum Gasteiger partial charge on any atom is 0.333 e. The molecule has 2 aliphatic rings. The quantitative estimate of drug-likeness (QED) is 0.187. The van der Waals surface area contributed by atoms with Crippen LogP contribution in [0, 0.1) is 0 Å². The van der Waals surface area contributed by atoms with Crippen molar-refractivity contribution in [1.82, 2.24) is 0 Å². The molecule has 0 unspecified atom stereocenters. The van der Waals surface area contributed by atoms with E-state index in [2.05, 4.69) is 186 Å². The zero-order chi connectivity index (χ0) is 30.9. The Kier molecular flexibility index (Phi) is 5.70. The number of rotatable bonds is 3. The average Bonchev–Trinajstić information content (AvgIpc) is 3.15. The van der Waals surface area contributed by atoms with Crippen LogP contribution in [0.4, 0.5) is 28.4 Å². The van der Waals surface area contributed by atoms with Crippen LogP contribution in [0.2, 0.25) is 0 Å². The van der Waals surface area contributed by atoms with Gasteiger partial charge in [-0.15, -0.1) is 0 Å². The number of fused-ring (bicyclic) bond motifs is 6. The third kappa shape index (κ3) is 3.80. The Morgan fingerprint density at radius 3 is 1.83 bits per heavy atom. The summed E-state index contributed by atoms with van der Waals surface area (Å²) >= 11 is 0. The van der Waals surface area contributed by atoms with Crippen LogP contribution in [-0.2, 0) is 0 Å². The highest BCUT2D eigenvalue weighted by Crippen LogP contribution is 2.49. The SMILES string of the molecule is c1ccc(-c2c(N3c4ccccc4B4c5c(cccc53)-c3ccccc3N4c3cccc4ccccc34)ccc3ccccc23)cc1. The molecule has 8 aromatic rings. The minimum atomic E-state index is -0.00464. The number of anilines is 5. The maximum atomic E-state index is 2.60. The van der Waals surface area contributed by atoms with Crippen LogP contribution in [0.15, 0.2) is 176 Å². The summed E-state index contributed by atoms with van der Waals surface area (Å²) in [6, 6.07) is 64.5. The van der Waals surface area contributed by atoms with Crippen LogP contribution in [0.25, 0.3) is 43.8 Å². The molecule has 0 aliphatic carbocycles. The molecule has 2 aliphatic heterocycles. The molecule has 0 amide bonds. The number of nitrogens with zero attached hydrogens (tertiary/aromatic N) is 2. The van der Waals surface area contributed by atoms with Crippen molar-refractivity contribution in [2.24, 2.45) is 0 Å². The molecule has 0 aromatic heterocycles. The van der Waals surface area contributed by atoms with Gasteiger partial charge in [-0.25, -0.2) is 0 Å². The fraction of sp³-hybridized carbons (Fsp3) is 0. The number of hydrogen-bond donors (Lipinski definition) is 0. The van der Waals surface area contributed by atoms with E-state index in [0.717, 1.165) is 0 Å². The van der Waals surface area contributed by atoms with Crippen LogP contribution < -0.4 is 20.6 Å². The lowest BCUT2D eigenvalue weighted by Gasteiger charge is -2.46. The lowest BCUT2D eigenvalue weighted by molar-refractivity contribution is 1.28. The van der Waals surface area contributed by atoms with E-state index in [0.29, 0.717) is 0 Å². The Hall–Kier alpha value is -6.06. The first-order chi connectivity index (χ1) is 23.4. The topological polar surface area (TPSA) is 6.48 Å². The van der Waals surface area contributed by atoms with Gasteiger partial charge in [0.1, 0.15) is 0 Å². The number of benzene rings is 8. The van der Waals surface area contributed by atoms with Gasteiger partial charge in [0.25, 0.3) is 0 Å². The van der Waals surface area contributed by atoms with E-state index in [1.54, 1.807) is 0 Å². The lowest BCUT2D eigenvalue weighted by Crippen LogP contribution is -2.61. The van der Waals surface area contributed by atoms with Crippen molar-refractivity contribution >= 4 is 67.8 Å². The van der Waals surface area contributed by atoms with Gasteiger partial charge in [-0.05, 0) is 68.5 Å². The smallest absolute Gasteiger partial charge is 0.333 e. The van der Waals surface area contributed by atoms with Crippen molar-refractivity contribution < 1.29 is 0 Å². The second kappa shape index (κ2) is 10.2. The molecule has 47 heavy (non-hydrogen) atoms. The second-order valence-electron chi connectivity index (χ2n) is 12.5. The van der Waals surface area contributed by atoms with Crippen LogP contribution in [-0.4, -0.2) is 6.85 Å². The third-order valence-corrected chi connectivity index (χ3v) is 10.0. The molecular weight excluding hydrogens is 567 g/mol. The summed E-state index contributed by atoms with van der Waals surface area (Å²) in [6.07, 6.45) is 0. The molecule has 0 saturated carbocycles. The highest BCUT2D eigenvalue weighted by molar-refractivity contribution is 6.93. The minimum absolute atomic E-state index is 0.00464. The van der Waals surface area contributed by atoms with Crippen LogP contribution in [0.5, 0.6) is 0 Å². The summed E-state index contributed by atoms with van der Waals surface area (Å²) < 4.78 is 0. The van der Waals surface area contributed by atoms with Gasteiger partial charge < -0.3 is 9.71 Å². The second-order valence-corrected chi connectivity index (χ2v) is 12.5. The zero-order valence-electron chi connectivity index (χ0n) is 25.7. The van der Waals surface area contributed by atoms with E-state index < -0.39 is 0 Å². The summed E-state index contributed by atoms with van der Waals surface area (Å²) in [5.41, 5.74) is 13.7. The minimum Gasteiger partial charge on any atom is -0.376 e. The average molecular weight is 597 g/mol. The van der Waals surface area contributed by atoms with Crippen LogP contribution in [0.1, 0.15) is 0 Å². The first kappa shape index (κ1) is 26.2. The molecular formula is C44H29BN2. The van der Waals surface area contributed by atoms with Gasteiger partial charge in [0, 0.05) is 39.3 Å². The number of hydrogen-bond acceptors (Lipinski definition) is 2. The normalized spacial score (nSPS) is 13.0. The fourth-order valence-corrected chi connectivity index (χ4v) is 8.10. The Balaban J connectivity index is 1.31. The van der Waals surface area contributed by atoms with Gasteiger partial charge in [-0.1, -0.05) is 146 Å². The van der Waals surface area contributed by atoms with Gasteiger partial charge in [0.05, 0.1) is 5.69 Å². The molecule has 0 radical (unpaired) electrons. The van der Waals surface area contributed by atoms with Crippen molar-refractivity contribution in [3.63, 3.8) is 0 Å².